The van der Waals surface area contributed by atoms with Gasteiger partial charge in [0.05, 0.1) is 5.41 Å². The van der Waals surface area contributed by atoms with E-state index in [1.54, 1.807) is 0 Å². The summed E-state index contributed by atoms with van der Waals surface area (Å²) in [5, 5.41) is 1.09. The van der Waals surface area contributed by atoms with Crippen molar-refractivity contribution in [1.29, 1.82) is 0 Å². The molecule has 0 aromatic heterocycles. The number of Topliss-reactive ketones (excluding diaryl/α,β-unsaturated/α-hetero) is 1. The van der Waals surface area contributed by atoms with E-state index in [4.69, 9.17) is 4.74 Å². The molecule has 0 spiro atoms. The van der Waals surface area contributed by atoms with Gasteiger partial charge in [-0.25, -0.2) is 4.79 Å². The molecule has 30 heavy (non-hydrogen) atoms. The zero-order chi connectivity index (χ0) is 22.7. The third kappa shape index (κ3) is 4.29. The molecule has 3 saturated carbocycles. The highest BCUT2D eigenvalue weighted by Crippen LogP contribution is 2.70. The van der Waals surface area contributed by atoms with E-state index in [0.29, 0.717) is 33.9 Å². The number of halogens is 4. The average Bonchev–Trinajstić information content (AvgIpc) is 3.22. The second-order valence-corrected chi connectivity index (χ2v) is 13.3. The monoisotopic (exact) mass is 452 g/mol. The zero-order valence-electron chi connectivity index (χ0n) is 18.5. The number of hydrogen-bond donors (Lipinski definition) is 0. The van der Waals surface area contributed by atoms with Gasteiger partial charge in [-0.15, -0.1) is 0 Å². The normalized spacial score (nSPS) is 39.1. The number of hydrogen-bond acceptors (Lipinski definition) is 3. The van der Waals surface area contributed by atoms with Crippen molar-refractivity contribution in [1.82, 2.24) is 0 Å². The lowest BCUT2D eigenvalue weighted by Gasteiger charge is -2.43. The van der Waals surface area contributed by atoms with Crippen LogP contribution >= 0.6 is 0 Å². The molecule has 1 saturated heterocycles. The Balaban J connectivity index is 0.000000461. The van der Waals surface area contributed by atoms with Gasteiger partial charge in [-0.2, -0.15) is 0 Å². The molecule has 4 fully saturated rings. The van der Waals surface area contributed by atoms with Crippen molar-refractivity contribution in [2.75, 3.05) is 5.75 Å². The number of fused-ring (bicyclic) bond motifs is 4. The van der Waals surface area contributed by atoms with Crippen molar-refractivity contribution in [2.24, 2.45) is 22.7 Å². The molecule has 1 heterocycles. The molecule has 1 aliphatic heterocycles. The van der Waals surface area contributed by atoms with Crippen molar-refractivity contribution < 1.29 is 31.6 Å². The van der Waals surface area contributed by atoms with E-state index in [2.05, 4.69) is 13.8 Å². The third-order valence-corrected chi connectivity index (χ3v) is 11.1. The standard InChI is InChI=1S/C21H33O3S.BF4/c1-19(2,3)24-17(23)12-25-15-7-6-13(10-15)18(25)21-9-8-14(11-16(21)22)20(21,4)5;2-1(3,4)5/h13-15,18H,6-12H2,1-5H3;/q+1;-1/t13-,14-,15+,18+,21+,25?;/m1./s1. The van der Waals surface area contributed by atoms with Crippen LogP contribution < -0.4 is 0 Å². The van der Waals surface area contributed by atoms with Gasteiger partial charge in [0.1, 0.15) is 21.9 Å². The number of ether oxygens (including phenoxy) is 1. The molecule has 1 unspecified atom stereocenters. The molecule has 3 aliphatic carbocycles. The smallest absolute Gasteiger partial charge is 0.456 e. The summed E-state index contributed by atoms with van der Waals surface area (Å²) in [4.78, 5) is 25.8. The summed E-state index contributed by atoms with van der Waals surface area (Å²) < 4.78 is 44.7. The molecule has 4 bridgehead atoms. The van der Waals surface area contributed by atoms with Gasteiger partial charge < -0.3 is 22.0 Å². The van der Waals surface area contributed by atoms with Crippen molar-refractivity contribution in [3.05, 3.63) is 0 Å². The van der Waals surface area contributed by atoms with Gasteiger partial charge in [0.25, 0.3) is 0 Å². The van der Waals surface area contributed by atoms with Crippen LogP contribution in [0.25, 0.3) is 0 Å². The Bertz CT molecular complexity index is 699. The molecule has 9 heteroatoms. The first kappa shape index (κ1) is 23.9. The third-order valence-electron chi connectivity index (χ3n) is 7.78. The second kappa shape index (κ2) is 7.70. The molecule has 0 N–H and O–H groups in total. The van der Waals surface area contributed by atoms with Crippen molar-refractivity contribution in [2.45, 2.75) is 89.2 Å². The van der Waals surface area contributed by atoms with Crippen LogP contribution in [0.15, 0.2) is 0 Å². The lowest BCUT2D eigenvalue weighted by Crippen LogP contribution is -2.54. The average molecular weight is 452 g/mol. The van der Waals surface area contributed by atoms with E-state index in [1.807, 2.05) is 20.8 Å². The maximum atomic E-state index is 13.2. The molecular formula is C21H33BF4O3S. The van der Waals surface area contributed by atoms with Crippen LogP contribution in [0.5, 0.6) is 0 Å². The lowest BCUT2D eigenvalue weighted by atomic mass is 9.64. The number of esters is 1. The van der Waals surface area contributed by atoms with Crippen molar-refractivity contribution in [3.8, 4) is 0 Å². The summed E-state index contributed by atoms with van der Waals surface area (Å²) in [7, 11) is -5.98. The molecule has 3 nitrogen and oxygen atoms in total. The summed E-state index contributed by atoms with van der Waals surface area (Å²) in [6, 6.07) is 0. The van der Waals surface area contributed by atoms with E-state index in [0.717, 1.165) is 12.8 Å². The number of rotatable bonds is 3. The van der Waals surface area contributed by atoms with Crippen LogP contribution in [0.1, 0.15) is 73.1 Å². The van der Waals surface area contributed by atoms with Crippen LogP contribution in [-0.4, -0.2) is 40.9 Å². The summed E-state index contributed by atoms with van der Waals surface area (Å²) >= 11 is 0. The minimum atomic E-state index is -6.00. The van der Waals surface area contributed by atoms with Crippen LogP contribution in [0.2, 0.25) is 0 Å². The quantitative estimate of drug-likeness (QED) is 0.256. The fourth-order valence-electron chi connectivity index (χ4n) is 6.73. The minimum absolute atomic E-state index is 0.0170. The molecule has 4 aliphatic rings. The Labute approximate surface area is 179 Å². The number of ketones is 1. The predicted octanol–water partition coefficient (Wildman–Crippen LogP) is 5.19. The maximum Gasteiger partial charge on any atom is 0.673 e. The lowest BCUT2D eigenvalue weighted by molar-refractivity contribution is -0.151. The van der Waals surface area contributed by atoms with Gasteiger partial charge >= 0.3 is 13.2 Å². The summed E-state index contributed by atoms with van der Waals surface area (Å²) in [5.41, 5.74) is -0.463. The Kier molecular flexibility index (Phi) is 6.14. The molecule has 0 aromatic rings. The van der Waals surface area contributed by atoms with Crippen molar-refractivity contribution in [3.63, 3.8) is 0 Å². The van der Waals surface area contributed by atoms with Gasteiger partial charge in [-0.3, -0.25) is 4.79 Å². The molecule has 0 radical (unpaired) electrons. The van der Waals surface area contributed by atoms with Crippen LogP contribution in [-0.2, 0) is 25.2 Å². The van der Waals surface area contributed by atoms with Gasteiger partial charge in [-0.1, -0.05) is 13.8 Å². The Morgan fingerprint density at radius 1 is 1.17 bits per heavy atom. The Morgan fingerprint density at radius 3 is 2.23 bits per heavy atom. The predicted molar refractivity (Wildman–Crippen MR) is 112 cm³/mol. The first-order valence-electron chi connectivity index (χ1n) is 10.9. The van der Waals surface area contributed by atoms with Gasteiger partial charge in [0.2, 0.25) is 5.75 Å². The van der Waals surface area contributed by atoms with Crippen LogP contribution in [0.4, 0.5) is 17.3 Å². The topological polar surface area (TPSA) is 43.4 Å². The van der Waals surface area contributed by atoms with Crippen LogP contribution in [0.3, 0.4) is 0 Å². The second-order valence-electron chi connectivity index (χ2n) is 10.9. The summed E-state index contributed by atoms with van der Waals surface area (Å²) in [6.45, 7) is 10.5. The molecule has 0 aromatic carbocycles. The summed E-state index contributed by atoms with van der Waals surface area (Å²) in [5.74, 6) is 2.23. The fourth-order valence-corrected chi connectivity index (χ4v) is 10.6. The zero-order valence-corrected chi connectivity index (χ0v) is 19.3. The maximum absolute atomic E-state index is 13.2. The Hall–Kier alpha value is -0.725. The molecule has 0 amide bonds. The van der Waals surface area contributed by atoms with E-state index >= 15 is 0 Å². The Morgan fingerprint density at radius 2 is 1.77 bits per heavy atom. The summed E-state index contributed by atoms with van der Waals surface area (Å²) in [6.07, 6.45) is 6.81. The molecule has 6 atom stereocenters. The highest BCUT2D eigenvalue weighted by atomic mass is 32.2. The highest BCUT2D eigenvalue weighted by molar-refractivity contribution is 7.99. The van der Waals surface area contributed by atoms with E-state index in [9.17, 15) is 26.9 Å². The van der Waals surface area contributed by atoms with Crippen molar-refractivity contribution >= 4 is 29.9 Å². The van der Waals surface area contributed by atoms with E-state index in [1.165, 1.54) is 25.7 Å². The van der Waals surface area contributed by atoms with Gasteiger partial charge in [0.15, 0.2) is 0 Å². The largest absolute Gasteiger partial charge is 0.673 e. The SMILES string of the molecule is CC(C)(C)OC(=O)C[S+]1[C@H]2CC[C@H](C2)[C@H]1[C@]12CC[C@H](CC1=O)C2(C)C.F[B-](F)(F)F. The van der Waals surface area contributed by atoms with Crippen LogP contribution in [0, 0.1) is 22.7 Å². The molecule has 172 valence electrons. The highest BCUT2D eigenvalue weighted by Gasteiger charge is 2.75. The van der Waals surface area contributed by atoms with Gasteiger partial charge in [0, 0.05) is 29.7 Å². The first-order valence-corrected chi connectivity index (χ1v) is 12.4. The fraction of sp³-hybridized carbons (Fsp3) is 0.905. The minimum Gasteiger partial charge on any atom is -0.456 e. The van der Waals surface area contributed by atoms with Gasteiger partial charge in [-0.05, 0) is 57.8 Å². The number of carbonyl (C=O) groups excluding carboxylic acids is 2. The van der Waals surface area contributed by atoms with E-state index in [-0.39, 0.29) is 27.7 Å². The molecule has 4 rings (SSSR count). The number of carbonyl (C=O) groups is 2. The van der Waals surface area contributed by atoms with E-state index < -0.39 is 12.9 Å². The molecular weight excluding hydrogens is 419 g/mol. The first-order chi connectivity index (χ1) is 13.6.